The Morgan fingerprint density at radius 1 is 1.10 bits per heavy atom. The second-order valence-corrected chi connectivity index (χ2v) is 4.17. The zero-order valence-corrected chi connectivity index (χ0v) is 10.4. The average molecular weight is 278 g/mol. The maximum atomic E-state index is 14.0. The molecule has 20 heavy (non-hydrogen) atoms. The van der Waals surface area contributed by atoms with Gasteiger partial charge in [-0.2, -0.15) is 0 Å². The van der Waals surface area contributed by atoms with Crippen molar-refractivity contribution in [3.8, 4) is 17.1 Å². The van der Waals surface area contributed by atoms with Crippen LogP contribution in [-0.4, -0.2) is 17.1 Å². The van der Waals surface area contributed by atoms with Gasteiger partial charge in [-0.15, -0.1) is 0 Å². The monoisotopic (exact) mass is 278 g/mol. The van der Waals surface area contributed by atoms with Gasteiger partial charge in [-0.3, -0.25) is 0 Å². The number of fused-ring (bicyclic) bond motifs is 1. The van der Waals surface area contributed by atoms with Crippen molar-refractivity contribution in [2.24, 2.45) is 0 Å². The summed E-state index contributed by atoms with van der Waals surface area (Å²) in [5, 5.41) is 0. The maximum absolute atomic E-state index is 14.0. The van der Waals surface area contributed by atoms with Crippen molar-refractivity contribution in [3.63, 3.8) is 0 Å². The number of benzene rings is 2. The highest BCUT2D eigenvalue weighted by Gasteiger charge is 2.23. The number of aromatic amines is 1. The molecule has 0 saturated carbocycles. The van der Waals surface area contributed by atoms with Crippen LogP contribution < -0.4 is 4.74 Å². The molecule has 102 valence electrons. The number of ether oxygens (including phenoxy) is 1. The third-order valence-electron chi connectivity index (χ3n) is 2.97. The van der Waals surface area contributed by atoms with Crippen molar-refractivity contribution >= 4 is 11.0 Å². The van der Waals surface area contributed by atoms with Gasteiger partial charge in [-0.05, 0) is 12.1 Å². The number of para-hydroxylation sites is 2. The van der Waals surface area contributed by atoms with Crippen molar-refractivity contribution in [1.82, 2.24) is 9.97 Å². The summed E-state index contributed by atoms with van der Waals surface area (Å²) in [6.07, 6.45) is 0. The van der Waals surface area contributed by atoms with Crippen LogP contribution in [0.1, 0.15) is 0 Å². The van der Waals surface area contributed by atoms with Gasteiger partial charge in [-0.1, -0.05) is 12.1 Å². The van der Waals surface area contributed by atoms with Crippen LogP contribution in [0.2, 0.25) is 0 Å². The molecular formula is C14H9F3N2O. The standard InChI is InChI=1S/C14H9F3N2O/c1-20-10-6-7(15)12(16)13(17)11(10)14-18-8-4-2-3-5-9(8)19-14/h2-6H,1H3,(H,18,19). The fourth-order valence-electron chi connectivity index (χ4n) is 2.03. The Kier molecular flexibility index (Phi) is 2.85. The quantitative estimate of drug-likeness (QED) is 0.726. The first-order chi connectivity index (χ1) is 9.61. The molecule has 0 atom stereocenters. The highest BCUT2D eigenvalue weighted by Crippen LogP contribution is 2.34. The molecule has 0 radical (unpaired) electrons. The van der Waals surface area contributed by atoms with Crippen LogP contribution in [0.25, 0.3) is 22.4 Å². The number of nitrogens with zero attached hydrogens (tertiary/aromatic N) is 1. The first-order valence-corrected chi connectivity index (χ1v) is 5.78. The van der Waals surface area contributed by atoms with E-state index >= 15 is 0 Å². The molecule has 0 aliphatic heterocycles. The van der Waals surface area contributed by atoms with Crippen molar-refractivity contribution in [1.29, 1.82) is 0 Å². The van der Waals surface area contributed by atoms with Gasteiger partial charge in [0, 0.05) is 6.07 Å². The van der Waals surface area contributed by atoms with E-state index in [9.17, 15) is 13.2 Å². The summed E-state index contributed by atoms with van der Waals surface area (Å²) in [6.45, 7) is 0. The van der Waals surface area contributed by atoms with Gasteiger partial charge < -0.3 is 9.72 Å². The molecule has 3 rings (SSSR count). The molecule has 0 amide bonds. The number of H-pyrrole nitrogens is 1. The van der Waals surface area contributed by atoms with Crippen molar-refractivity contribution in [3.05, 3.63) is 47.8 Å². The van der Waals surface area contributed by atoms with Gasteiger partial charge in [0.2, 0.25) is 0 Å². The van der Waals surface area contributed by atoms with Crippen molar-refractivity contribution in [2.45, 2.75) is 0 Å². The molecule has 1 N–H and O–H groups in total. The molecule has 1 heterocycles. The number of methoxy groups -OCH3 is 1. The Labute approximate surface area is 112 Å². The van der Waals surface area contributed by atoms with Gasteiger partial charge in [-0.25, -0.2) is 18.2 Å². The van der Waals surface area contributed by atoms with Gasteiger partial charge in [0.25, 0.3) is 0 Å². The number of nitrogens with one attached hydrogen (secondary N) is 1. The normalized spacial score (nSPS) is 11.0. The SMILES string of the molecule is COc1cc(F)c(F)c(F)c1-c1nc2ccccc2[nH]1. The fraction of sp³-hybridized carbons (Fsp3) is 0.0714. The fourth-order valence-corrected chi connectivity index (χ4v) is 2.03. The van der Waals surface area contributed by atoms with E-state index in [1.54, 1.807) is 24.3 Å². The molecule has 1 aromatic heterocycles. The van der Waals surface area contributed by atoms with Crippen LogP contribution >= 0.6 is 0 Å². The highest BCUT2D eigenvalue weighted by molar-refractivity contribution is 5.80. The lowest BCUT2D eigenvalue weighted by Gasteiger charge is -2.08. The third kappa shape index (κ3) is 1.80. The second kappa shape index (κ2) is 4.56. The van der Waals surface area contributed by atoms with Gasteiger partial charge in [0.1, 0.15) is 11.6 Å². The Morgan fingerprint density at radius 3 is 2.55 bits per heavy atom. The van der Waals surface area contributed by atoms with Crippen LogP contribution in [-0.2, 0) is 0 Å². The zero-order valence-electron chi connectivity index (χ0n) is 10.4. The molecule has 0 aliphatic rings. The van der Waals surface area contributed by atoms with E-state index in [4.69, 9.17) is 4.74 Å². The summed E-state index contributed by atoms with van der Waals surface area (Å²) < 4.78 is 45.5. The predicted molar refractivity (Wildman–Crippen MR) is 68.0 cm³/mol. The highest BCUT2D eigenvalue weighted by atomic mass is 19.2. The second-order valence-electron chi connectivity index (χ2n) is 4.17. The van der Waals surface area contributed by atoms with E-state index < -0.39 is 17.5 Å². The van der Waals surface area contributed by atoms with Gasteiger partial charge in [0.15, 0.2) is 17.5 Å². The summed E-state index contributed by atoms with van der Waals surface area (Å²) in [7, 11) is 1.25. The van der Waals surface area contributed by atoms with Crippen molar-refractivity contribution in [2.75, 3.05) is 7.11 Å². The zero-order chi connectivity index (χ0) is 14.3. The predicted octanol–water partition coefficient (Wildman–Crippen LogP) is 3.66. The number of hydrogen-bond acceptors (Lipinski definition) is 2. The first kappa shape index (κ1) is 12.5. The van der Waals surface area contributed by atoms with Crippen LogP contribution in [0.5, 0.6) is 5.75 Å². The number of rotatable bonds is 2. The molecular weight excluding hydrogens is 269 g/mol. The molecule has 2 aromatic carbocycles. The van der Waals surface area contributed by atoms with E-state index in [2.05, 4.69) is 9.97 Å². The van der Waals surface area contributed by atoms with Gasteiger partial charge >= 0.3 is 0 Å². The molecule has 0 fully saturated rings. The lowest BCUT2D eigenvalue weighted by Crippen LogP contribution is -1.99. The Bertz CT molecular complexity index is 765. The van der Waals surface area contributed by atoms with Crippen LogP contribution in [0, 0.1) is 17.5 Å². The molecule has 3 aromatic rings. The smallest absolute Gasteiger partial charge is 0.195 e. The van der Waals surface area contributed by atoms with Crippen LogP contribution in [0.4, 0.5) is 13.2 Å². The summed E-state index contributed by atoms with van der Waals surface area (Å²) in [5.41, 5.74) is 1.02. The minimum Gasteiger partial charge on any atom is -0.496 e. The molecule has 6 heteroatoms. The minimum atomic E-state index is -1.55. The Hall–Kier alpha value is -2.50. The van der Waals surface area contributed by atoms with Gasteiger partial charge in [0.05, 0.1) is 23.7 Å². The molecule has 0 spiro atoms. The van der Waals surface area contributed by atoms with E-state index in [1.165, 1.54) is 7.11 Å². The number of halogens is 3. The lowest BCUT2D eigenvalue weighted by molar-refractivity contribution is 0.394. The Balaban J connectivity index is 2.30. The summed E-state index contributed by atoms with van der Waals surface area (Å²) in [6, 6.07) is 7.81. The van der Waals surface area contributed by atoms with Crippen LogP contribution in [0.15, 0.2) is 30.3 Å². The third-order valence-corrected chi connectivity index (χ3v) is 2.97. The summed E-state index contributed by atoms with van der Waals surface area (Å²) >= 11 is 0. The van der Waals surface area contributed by atoms with Crippen molar-refractivity contribution < 1.29 is 17.9 Å². The molecule has 0 bridgehead atoms. The Morgan fingerprint density at radius 2 is 1.85 bits per heavy atom. The van der Waals surface area contributed by atoms with Crippen LogP contribution in [0.3, 0.4) is 0 Å². The first-order valence-electron chi connectivity index (χ1n) is 5.78. The average Bonchev–Trinajstić information content (AvgIpc) is 2.87. The van der Waals surface area contributed by atoms with E-state index in [-0.39, 0.29) is 17.1 Å². The molecule has 0 aliphatic carbocycles. The molecule has 3 nitrogen and oxygen atoms in total. The summed E-state index contributed by atoms with van der Waals surface area (Å²) in [4.78, 5) is 7.01. The molecule has 0 saturated heterocycles. The largest absolute Gasteiger partial charge is 0.496 e. The van der Waals surface area contributed by atoms with E-state index in [0.717, 1.165) is 6.07 Å². The maximum Gasteiger partial charge on any atom is 0.195 e. The topological polar surface area (TPSA) is 37.9 Å². The minimum absolute atomic E-state index is 0.0828. The van der Waals surface area contributed by atoms with E-state index in [0.29, 0.717) is 11.0 Å². The lowest BCUT2D eigenvalue weighted by atomic mass is 10.1. The summed E-state index contributed by atoms with van der Waals surface area (Å²) in [5.74, 6) is -4.23. The molecule has 0 unspecified atom stereocenters. The number of imidazole rings is 1. The number of aromatic nitrogens is 2. The van der Waals surface area contributed by atoms with E-state index in [1.807, 2.05) is 0 Å². The number of hydrogen-bond donors (Lipinski definition) is 1.